The van der Waals surface area contributed by atoms with Gasteiger partial charge >= 0.3 is 0 Å². The van der Waals surface area contributed by atoms with Crippen LogP contribution in [-0.2, 0) is 14.4 Å². The number of carbonyl (C=O) groups is 3. The fourth-order valence-electron chi connectivity index (χ4n) is 2.96. The van der Waals surface area contributed by atoms with Crippen LogP contribution in [0.1, 0.15) is 35.1 Å². The molecule has 1 fully saturated rings. The lowest BCUT2D eigenvalue weighted by molar-refractivity contribution is -0.142. The Bertz CT molecular complexity index is 781. The number of carbonyl (C=O) groups excluding carboxylic acids is 3. The van der Waals surface area contributed by atoms with Crippen molar-refractivity contribution in [3.63, 3.8) is 0 Å². The van der Waals surface area contributed by atoms with E-state index in [4.69, 9.17) is 0 Å². The zero-order valence-electron chi connectivity index (χ0n) is 14.2. The van der Waals surface area contributed by atoms with Crippen LogP contribution in [0.25, 0.3) is 0 Å². The van der Waals surface area contributed by atoms with Gasteiger partial charge in [0.1, 0.15) is 12.6 Å². The van der Waals surface area contributed by atoms with Crippen molar-refractivity contribution in [3.05, 3.63) is 39.8 Å². The molecule has 1 aliphatic rings. The van der Waals surface area contributed by atoms with E-state index < -0.39 is 0 Å². The molecule has 0 spiro atoms. The van der Waals surface area contributed by atoms with Gasteiger partial charge in [-0.15, -0.1) is 11.3 Å². The molecule has 0 radical (unpaired) electrons. The number of nitrogens with zero attached hydrogens (tertiary/aromatic N) is 3. The molecular weight excluding hydrogens is 340 g/mol. The molecule has 2 aromatic rings. The van der Waals surface area contributed by atoms with E-state index in [-0.39, 0.29) is 43.1 Å². The van der Waals surface area contributed by atoms with Crippen LogP contribution in [0, 0.1) is 13.8 Å². The Morgan fingerprint density at radius 3 is 2.60 bits per heavy atom. The van der Waals surface area contributed by atoms with Crippen LogP contribution in [-0.4, -0.2) is 45.5 Å². The summed E-state index contributed by atoms with van der Waals surface area (Å²) >= 11 is 1.60. The van der Waals surface area contributed by atoms with Crippen LogP contribution in [0.15, 0.2) is 23.6 Å². The first-order chi connectivity index (χ1) is 12.0. The van der Waals surface area contributed by atoms with Gasteiger partial charge in [-0.3, -0.25) is 24.0 Å². The first-order valence-corrected chi connectivity index (χ1v) is 8.99. The summed E-state index contributed by atoms with van der Waals surface area (Å²) in [4.78, 5) is 37.6. The topological polar surface area (TPSA) is 84.3 Å². The van der Waals surface area contributed by atoms with E-state index in [1.807, 2.05) is 42.1 Å². The highest BCUT2D eigenvalue weighted by molar-refractivity contribution is 7.10. The Morgan fingerprint density at radius 2 is 2.04 bits per heavy atom. The second kappa shape index (κ2) is 7.18. The number of hydrogen-bond acceptors (Lipinski definition) is 5. The predicted molar refractivity (Wildman–Crippen MR) is 93.1 cm³/mol. The maximum Gasteiger partial charge on any atom is 0.240 e. The summed E-state index contributed by atoms with van der Waals surface area (Å²) in [6, 6.07) is 5.83. The molecule has 0 aromatic carbocycles. The van der Waals surface area contributed by atoms with Gasteiger partial charge in [-0.1, -0.05) is 6.07 Å². The quantitative estimate of drug-likeness (QED) is 0.790. The number of amides is 3. The molecule has 3 rings (SSSR count). The molecule has 0 bridgehead atoms. The fourth-order valence-corrected chi connectivity index (χ4v) is 3.77. The molecule has 8 heteroatoms. The minimum atomic E-state index is -0.341. The van der Waals surface area contributed by atoms with Crippen molar-refractivity contribution in [1.29, 1.82) is 0 Å². The third-order valence-corrected chi connectivity index (χ3v) is 5.13. The van der Waals surface area contributed by atoms with Crippen LogP contribution >= 0.6 is 11.3 Å². The van der Waals surface area contributed by atoms with E-state index in [1.165, 1.54) is 0 Å². The van der Waals surface area contributed by atoms with E-state index in [1.54, 1.807) is 11.3 Å². The van der Waals surface area contributed by atoms with Gasteiger partial charge in [0.2, 0.25) is 17.7 Å². The number of hydrogen-bond donors (Lipinski definition) is 1. The Hall–Kier alpha value is -2.48. The van der Waals surface area contributed by atoms with Crippen LogP contribution in [0.4, 0.5) is 0 Å². The van der Waals surface area contributed by atoms with Crippen molar-refractivity contribution in [3.8, 4) is 0 Å². The maximum atomic E-state index is 12.2. The zero-order valence-corrected chi connectivity index (χ0v) is 15.0. The van der Waals surface area contributed by atoms with Gasteiger partial charge in [0, 0.05) is 30.0 Å². The molecule has 132 valence electrons. The maximum absolute atomic E-state index is 12.2. The monoisotopic (exact) mass is 360 g/mol. The van der Waals surface area contributed by atoms with Crippen molar-refractivity contribution >= 4 is 29.1 Å². The zero-order chi connectivity index (χ0) is 18.0. The lowest BCUT2D eigenvalue weighted by atomic mass is 10.2. The summed E-state index contributed by atoms with van der Waals surface area (Å²) in [5.41, 5.74) is 1.92. The van der Waals surface area contributed by atoms with Crippen LogP contribution in [0.3, 0.4) is 0 Å². The van der Waals surface area contributed by atoms with Crippen molar-refractivity contribution in [1.82, 2.24) is 20.0 Å². The van der Waals surface area contributed by atoms with Crippen LogP contribution in [0.5, 0.6) is 0 Å². The minimum Gasteiger partial charge on any atom is -0.352 e. The van der Waals surface area contributed by atoms with E-state index >= 15 is 0 Å². The normalized spacial score (nSPS) is 15.7. The number of aromatic nitrogens is 2. The second-order valence-electron chi connectivity index (χ2n) is 6.08. The Labute approximate surface area is 149 Å². The molecule has 7 nitrogen and oxygen atoms in total. The average Bonchev–Trinajstić information content (AvgIpc) is 3.27. The number of thiophene rings is 1. The molecule has 0 saturated carbocycles. The van der Waals surface area contributed by atoms with Crippen molar-refractivity contribution < 1.29 is 14.4 Å². The molecule has 25 heavy (non-hydrogen) atoms. The molecule has 3 heterocycles. The predicted octanol–water partition coefficient (Wildman–Crippen LogP) is 1.42. The largest absolute Gasteiger partial charge is 0.352 e. The summed E-state index contributed by atoms with van der Waals surface area (Å²) in [7, 11) is 0. The fraction of sp³-hybridized carbons (Fsp3) is 0.412. The van der Waals surface area contributed by atoms with Gasteiger partial charge in [0.15, 0.2) is 0 Å². The molecule has 1 N–H and O–H groups in total. The molecule has 3 amide bonds. The van der Waals surface area contributed by atoms with Gasteiger partial charge in [0.25, 0.3) is 0 Å². The number of likely N-dealkylation sites (tertiary alicyclic amines) is 1. The van der Waals surface area contributed by atoms with E-state index in [9.17, 15) is 14.4 Å². The summed E-state index contributed by atoms with van der Waals surface area (Å²) in [6.45, 7) is 4.03. The summed E-state index contributed by atoms with van der Waals surface area (Å²) in [5, 5.41) is 9.34. The first kappa shape index (κ1) is 17.3. The van der Waals surface area contributed by atoms with Gasteiger partial charge < -0.3 is 5.32 Å². The number of rotatable bonds is 6. The highest BCUT2D eigenvalue weighted by Gasteiger charge is 2.30. The van der Waals surface area contributed by atoms with E-state index in [0.717, 1.165) is 21.2 Å². The van der Waals surface area contributed by atoms with Gasteiger partial charge in [-0.05, 0) is 31.4 Å². The lowest BCUT2D eigenvalue weighted by Crippen LogP contribution is -2.41. The number of nitrogens with one attached hydrogen (secondary N) is 1. The summed E-state index contributed by atoms with van der Waals surface area (Å²) in [6.07, 6.45) is 0.380. The highest BCUT2D eigenvalue weighted by Crippen LogP contribution is 2.24. The average molecular weight is 360 g/mol. The van der Waals surface area contributed by atoms with Gasteiger partial charge in [-0.2, -0.15) is 5.10 Å². The number of imide groups is 1. The SMILES string of the molecule is Cc1cc(C)n(C(CNC(=O)CN2C(=O)CCC2=O)c2cccs2)n1. The molecule has 1 unspecified atom stereocenters. The Balaban J connectivity index is 1.69. The second-order valence-corrected chi connectivity index (χ2v) is 7.06. The molecule has 1 saturated heterocycles. The standard InChI is InChI=1S/C17H20N4O3S/c1-11-8-12(2)21(19-11)13(14-4-3-7-25-14)9-18-15(22)10-20-16(23)5-6-17(20)24/h3-4,7-8,13H,5-6,9-10H2,1-2H3,(H,18,22). The van der Waals surface area contributed by atoms with Gasteiger partial charge in [0.05, 0.1) is 5.69 Å². The van der Waals surface area contributed by atoms with Crippen molar-refractivity contribution in [2.75, 3.05) is 13.1 Å². The van der Waals surface area contributed by atoms with Crippen molar-refractivity contribution in [2.24, 2.45) is 0 Å². The van der Waals surface area contributed by atoms with Crippen LogP contribution < -0.4 is 5.32 Å². The number of aryl methyl sites for hydroxylation is 2. The Morgan fingerprint density at radius 1 is 1.32 bits per heavy atom. The van der Waals surface area contributed by atoms with E-state index in [2.05, 4.69) is 10.4 Å². The smallest absolute Gasteiger partial charge is 0.240 e. The molecule has 1 atom stereocenters. The minimum absolute atomic E-state index is 0.123. The molecule has 1 aliphatic heterocycles. The van der Waals surface area contributed by atoms with Crippen molar-refractivity contribution in [2.45, 2.75) is 32.7 Å². The lowest BCUT2D eigenvalue weighted by Gasteiger charge is -2.20. The first-order valence-electron chi connectivity index (χ1n) is 8.11. The highest BCUT2D eigenvalue weighted by atomic mass is 32.1. The molecule has 2 aromatic heterocycles. The molecular formula is C17H20N4O3S. The summed E-state index contributed by atoms with van der Waals surface area (Å²) < 4.78 is 1.90. The third kappa shape index (κ3) is 3.79. The van der Waals surface area contributed by atoms with E-state index in [0.29, 0.717) is 6.54 Å². The van der Waals surface area contributed by atoms with Gasteiger partial charge in [-0.25, -0.2) is 0 Å². The third-order valence-electron chi connectivity index (χ3n) is 4.16. The summed E-state index contributed by atoms with van der Waals surface area (Å²) in [5.74, 6) is -0.909. The van der Waals surface area contributed by atoms with Crippen LogP contribution in [0.2, 0.25) is 0 Å². The molecule has 0 aliphatic carbocycles. The Kier molecular flexibility index (Phi) is 4.98.